The summed E-state index contributed by atoms with van der Waals surface area (Å²) in [4.78, 5) is 12.9. The van der Waals surface area contributed by atoms with Crippen molar-refractivity contribution in [2.24, 2.45) is 0 Å². The number of nitrogens with zero attached hydrogens (tertiary/aromatic N) is 2. The Morgan fingerprint density at radius 1 is 0.889 bits per heavy atom. The lowest BCUT2D eigenvalue weighted by molar-refractivity contribution is 0.145. The van der Waals surface area contributed by atoms with Crippen LogP contribution in [0.5, 0.6) is 0 Å². The number of rotatable bonds is 4. The second kappa shape index (κ2) is 7.13. The molecule has 4 rings (SSSR count). The summed E-state index contributed by atoms with van der Waals surface area (Å²) in [6.45, 7) is -0.134. The zero-order valence-electron chi connectivity index (χ0n) is 14.4. The predicted octanol–water partition coefficient (Wildman–Crippen LogP) is 3.94. The molecule has 0 saturated carbocycles. The van der Waals surface area contributed by atoms with Crippen molar-refractivity contribution in [2.75, 3.05) is 0 Å². The molecule has 0 spiro atoms. The van der Waals surface area contributed by atoms with Crippen LogP contribution in [0, 0.1) is 5.82 Å². The van der Waals surface area contributed by atoms with Gasteiger partial charge in [0.2, 0.25) is 0 Å². The minimum atomic E-state index is -1.18. The maximum atomic E-state index is 14.0. The van der Waals surface area contributed by atoms with E-state index in [9.17, 15) is 14.3 Å². The molecule has 1 N–H and O–H groups in total. The maximum Gasteiger partial charge on any atom is 0.274 e. The lowest BCUT2D eigenvalue weighted by Gasteiger charge is -2.15. The van der Waals surface area contributed by atoms with Crippen LogP contribution >= 0.6 is 0 Å². The fraction of sp³-hybridized carbons (Fsp3) is 0.0909. The quantitative estimate of drug-likeness (QED) is 0.600. The third kappa shape index (κ3) is 3.25. The van der Waals surface area contributed by atoms with Crippen molar-refractivity contribution in [1.29, 1.82) is 0 Å². The molecule has 1 aromatic heterocycles. The van der Waals surface area contributed by atoms with Gasteiger partial charge in [-0.3, -0.25) is 4.79 Å². The first-order chi connectivity index (χ1) is 13.1. The van der Waals surface area contributed by atoms with E-state index in [0.29, 0.717) is 11.1 Å². The fourth-order valence-corrected chi connectivity index (χ4v) is 3.18. The minimum Gasteiger partial charge on any atom is -0.386 e. The third-order valence-electron chi connectivity index (χ3n) is 4.53. The molecule has 0 aliphatic heterocycles. The summed E-state index contributed by atoms with van der Waals surface area (Å²) < 4.78 is 15.2. The number of hydrogen-bond acceptors (Lipinski definition) is 3. The lowest BCUT2D eigenvalue weighted by Crippen LogP contribution is -2.27. The zero-order chi connectivity index (χ0) is 18.8. The van der Waals surface area contributed by atoms with E-state index in [1.54, 1.807) is 24.3 Å². The monoisotopic (exact) mass is 360 g/mol. The second-order valence-electron chi connectivity index (χ2n) is 6.28. The zero-order valence-corrected chi connectivity index (χ0v) is 14.4. The van der Waals surface area contributed by atoms with Gasteiger partial charge in [0.15, 0.2) is 0 Å². The van der Waals surface area contributed by atoms with Gasteiger partial charge in [0, 0.05) is 16.5 Å². The molecule has 1 heterocycles. The Morgan fingerprint density at radius 3 is 2.26 bits per heavy atom. The van der Waals surface area contributed by atoms with E-state index in [4.69, 9.17) is 0 Å². The van der Waals surface area contributed by atoms with Gasteiger partial charge in [-0.1, -0.05) is 66.7 Å². The molecule has 0 radical (unpaired) electrons. The van der Waals surface area contributed by atoms with Gasteiger partial charge < -0.3 is 5.11 Å². The maximum absolute atomic E-state index is 14.0. The largest absolute Gasteiger partial charge is 0.386 e. The van der Waals surface area contributed by atoms with Crippen LogP contribution in [0.25, 0.3) is 22.0 Å². The lowest BCUT2D eigenvalue weighted by atomic mass is 10.0. The van der Waals surface area contributed by atoms with Gasteiger partial charge in [0.25, 0.3) is 5.56 Å². The van der Waals surface area contributed by atoms with Crippen LogP contribution in [0.3, 0.4) is 0 Å². The van der Waals surface area contributed by atoms with Gasteiger partial charge in [-0.25, -0.2) is 9.07 Å². The Bertz CT molecular complexity index is 1160. The number of fused-ring (bicyclic) bond motifs is 1. The van der Waals surface area contributed by atoms with Gasteiger partial charge >= 0.3 is 0 Å². The van der Waals surface area contributed by atoms with Gasteiger partial charge in [-0.2, -0.15) is 5.10 Å². The predicted molar refractivity (Wildman–Crippen MR) is 103 cm³/mol. The molecule has 4 nitrogen and oxygen atoms in total. The van der Waals surface area contributed by atoms with Crippen molar-refractivity contribution in [3.8, 4) is 11.3 Å². The molecular formula is C22H17FN2O2. The second-order valence-corrected chi connectivity index (χ2v) is 6.28. The highest BCUT2D eigenvalue weighted by molar-refractivity contribution is 5.93. The van der Waals surface area contributed by atoms with Crippen molar-refractivity contribution in [1.82, 2.24) is 9.78 Å². The summed E-state index contributed by atoms with van der Waals surface area (Å²) in [5.41, 5.74) is 1.33. The molecule has 3 aromatic carbocycles. The molecule has 5 heteroatoms. The molecule has 0 aliphatic rings. The van der Waals surface area contributed by atoms with Gasteiger partial charge in [-0.15, -0.1) is 0 Å². The standard InChI is InChI=1S/C22H17FN2O2/c23-19-13-7-6-12-18(19)20(26)14-25-22(27)17-11-5-4-10-16(17)21(24-25)15-8-2-1-3-9-15/h1-13,20,26H,14H2. The van der Waals surface area contributed by atoms with Crippen molar-refractivity contribution in [2.45, 2.75) is 12.6 Å². The molecule has 0 fully saturated rings. The average Bonchev–Trinajstić information content (AvgIpc) is 2.71. The summed E-state index contributed by atoms with van der Waals surface area (Å²) >= 11 is 0. The fourth-order valence-electron chi connectivity index (χ4n) is 3.18. The van der Waals surface area contributed by atoms with Crippen molar-refractivity contribution >= 4 is 10.8 Å². The molecule has 0 saturated heterocycles. The Hall–Kier alpha value is -3.31. The Balaban J connectivity index is 1.85. The SMILES string of the molecule is O=c1c2ccccc2c(-c2ccccc2)nn1CC(O)c1ccccc1F. The molecule has 0 aliphatic carbocycles. The van der Waals surface area contributed by atoms with Crippen LogP contribution in [-0.2, 0) is 6.54 Å². The normalized spacial score (nSPS) is 12.2. The van der Waals surface area contributed by atoms with Crippen LogP contribution < -0.4 is 5.56 Å². The minimum absolute atomic E-state index is 0.134. The topological polar surface area (TPSA) is 55.1 Å². The molecule has 1 unspecified atom stereocenters. The number of benzene rings is 3. The summed E-state index contributed by atoms with van der Waals surface area (Å²) in [6, 6.07) is 22.7. The highest BCUT2D eigenvalue weighted by Crippen LogP contribution is 2.25. The van der Waals surface area contributed by atoms with E-state index in [1.165, 1.54) is 16.8 Å². The number of aromatic nitrogens is 2. The van der Waals surface area contributed by atoms with Gasteiger partial charge in [-0.05, 0) is 12.1 Å². The molecule has 4 aromatic rings. The average molecular weight is 360 g/mol. The van der Waals surface area contributed by atoms with Crippen LogP contribution in [0.15, 0.2) is 83.7 Å². The van der Waals surface area contributed by atoms with E-state index in [0.717, 1.165) is 10.9 Å². The van der Waals surface area contributed by atoms with Crippen molar-refractivity contribution in [3.05, 3.63) is 101 Å². The van der Waals surface area contributed by atoms with Crippen molar-refractivity contribution < 1.29 is 9.50 Å². The summed E-state index contributed by atoms with van der Waals surface area (Å²) in [7, 11) is 0. The first-order valence-corrected chi connectivity index (χ1v) is 8.63. The Morgan fingerprint density at radius 2 is 1.52 bits per heavy atom. The molecule has 1 atom stereocenters. The van der Waals surface area contributed by atoms with Gasteiger partial charge in [0.1, 0.15) is 11.9 Å². The number of aliphatic hydroxyl groups is 1. The molecule has 0 bridgehead atoms. The number of hydrogen-bond donors (Lipinski definition) is 1. The van der Waals surface area contributed by atoms with Crippen LogP contribution in [-0.4, -0.2) is 14.9 Å². The molecule has 27 heavy (non-hydrogen) atoms. The molecular weight excluding hydrogens is 343 g/mol. The van der Waals surface area contributed by atoms with Crippen LogP contribution in [0.4, 0.5) is 4.39 Å². The first kappa shape index (κ1) is 17.1. The highest BCUT2D eigenvalue weighted by atomic mass is 19.1. The Labute approximate surface area is 155 Å². The van der Waals surface area contributed by atoms with E-state index in [-0.39, 0.29) is 17.7 Å². The Kier molecular flexibility index (Phi) is 4.52. The summed E-state index contributed by atoms with van der Waals surface area (Å²) in [6.07, 6.45) is -1.18. The van der Waals surface area contributed by atoms with E-state index >= 15 is 0 Å². The number of halogens is 1. The first-order valence-electron chi connectivity index (χ1n) is 8.63. The molecule has 134 valence electrons. The number of aliphatic hydroxyl groups excluding tert-OH is 1. The molecule has 0 amide bonds. The summed E-state index contributed by atoms with van der Waals surface area (Å²) in [5.74, 6) is -0.512. The summed E-state index contributed by atoms with van der Waals surface area (Å²) in [5, 5.41) is 16.2. The smallest absolute Gasteiger partial charge is 0.274 e. The van der Waals surface area contributed by atoms with E-state index in [1.807, 2.05) is 42.5 Å². The highest BCUT2D eigenvalue weighted by Gasteiger charge is 2.17. The van der Waals surface area contributed by atoms with Crippen molar-refractivity contribution in [3.63, 3.8) is 0 Å². The van der Waals surface area contributed by atoms with Gasteiger partial charge in [0.05, 0.1) is 17.6 Å². The van der Waals surface area contributed by atoms with E-state index < -0.39 is 11.9 Å². The van der Waals surface area contributed by atoms with Crippen LogP contribution in [0.1, 0.15) is 11.7 Å². The van der Waals surface area contributed by atoms with E-state index in [2.05, 4.69) is 5.10 Å². The third-order valence-corrected chi connectivity index (χ3v) is 4.53. The van der Waals surface area contributed by atoms with Crippen LogP contribution in [0.2, 0.25) is 0 Å².